The third kappa shape index (κ3) is 1.69. The lowest BCUT2D eigenvalue weighted by Gasteiger charge is -2.38. The molecule has 0 aromatic heterocycles. The molecule has 0 unspecified atom stereocenters. The Morgan fingerprint density at radius 1 is 1.41 bits per heavy atom. The van der Waals surface area contributed by atoms with Crippen LogP contribution in [0.25, 0.3) is 0 Å². The molecule has 4 heteroatoms. The van der Waals surface area contributed by atoms with Crippen LogP contribution < -0.4 is 5.32 Å². The van der Waals surface area contributed by atoms with Gasteiger partial charge in [0.1, 0.15) is 5.41 Å². The Labute approximate surface area is 99.6 Å². The van der Waals surface area contributed by atoms with Crippen LogP contribution in [0.4, 0.5) is 0 Å². The monoisotopic (exact) mass is 233 g/mol. The number of carbonyl (C=O) groups excluding carboxylic acids is 1. The van der Waals surface area contributed by atoms with E-state index in [-0.39, 0.29) is 5.91 Å². The molecule has 0 aliphatic carbocycles. The molecule has 2 rings (SSSR count). The summed E-state index contributed by atoms with van der Waals surface area (Å²) in [5.41, 5.74) is -0.390. The van der Waals surface area contributed by atoms with E-state index in [1.807, 2.05) is 6.07 Å². The molecule has 1 aromatic rings. The van der Waals surface area contributed by atoms with Crippen LogP contribution >= 0.6 is 0 Å². The zero-order chi connectivity index (χ0) is 12.5. The highest BCUT2D eigenvalue weighted by atomic mass is 16.4. The van der Waals surface area contributed by atoms with Crippen LogP contribution in [-0.2, 0) is 15.0 Å². The normalized spacial score (nSPS) is 28.5. The molecule has 4 nitrogen and oxygen atoms in total. The Morgan fingerprint density at radius 2 is 2.06 bits per heavy atom. The average molecular weight is 233 g/mol. The third-order valence-electron chi connectivity index (χ3n) is 3.62. The van der Waals surface area contributed by atoms with Gasteiger partial charge in [-0.3, -0.25) is 9.59 Å². The lowest BCUT2D eigenvalue weighted by molar-refractivity contribution is -0.152. The van der Waals surface area contributed by atoms with Gasteiger partial charge in [-0.1, -0.05) is 37.3 Å². The minimum absolute atomic E-state index is 0.192. The van der Waals surface area contributed by atoms with Gasteiger partial charge in [0, 0.05) is 6.54 Å². The standard InChI is InChI=1S/C13H15NO3/c1-9-11(15)14-8-7-13(9,12(16)17)10-5-3-2-4-6-10/h2-6,9H,7-8H2,1H3,(H,14,15)(H,16,17)/t9-,13-/m1/s1. The number of rotatable bonds is 2. The number of carboxylic acid groups (broad SMARTS) is 1. The van der Waals surface area contributed by atoms with Crippen molar-refractivity contribution in [1.29, 1.82) is 0 Å². The van der Waals surface area contributed by atoms with Crippen molar-refractivity contribution in [2.75, 3.05) is 6.54 Å². The summed E-state index contributed by atoms with van der Waals surface area (Å²) < 4.78 is 0. The fourth-order valence-corrected chi connectivity index (χ4v) is 2.52. The Kier molecular flexibility index (Phi) is 2.88. The first-order chi connectivity index (χ1) is 8.09. The van der Waals surface area contributed by atoms with Crippen LogP contribution in [0.5, 0.6) is 0 Å². The van der Waals surface area contributed by atoms with Crippen molar-refractivity contribution in [1.82, 2.24) is 5.32 Å². The van der Waals surface area contributed by atoms with E-state index in [9.17, 15) is 14.7 Å². The van der Waals surface area contributed by atoms with Crippen LogP contribution in [0, 0.1) is 5.92 Å². The van der Waals surface area contributed by atoms with Crippen molar-refractivity contribution in [2.24, 2.45) is 5.92 Å². The Hall–Kier alpha value is -1.84. The summed E-state index contributed by atoms with van der Waals surface area (Å²) in [5.74, 6) is -1.68. The number of benzene rings is 1. The molecule has 17 heavy (non-hydrogen) atoms. The van der Waals surface area contributed by atoms with Gasteiger partial charge in [-0.25, -0.2) is 0 Å². The lowest BCUT2D eigenvalue weighted by atomic mass is 9.66. The fourth-order valence-electron chi connectivity index (χ4n) is 2.52. The molecule has 2 atom stereocenters. The summed E-state index contributed by atoms with van der Waals surface area (Å²) in [4.78, 5) is 23.4. The zero-order valence-corrected chi connectivity index (χ0v) is 9.64. The van der Waals surface area contributed by atoms with Crippen molar-refractivity contribution in [3.05, 3.63) is 35.9 Å². The van der Waals surface area contributed by atoms with E-state index in [4.69, 9.17) is 0 Å². The quantitative estimate of drug-likeness (QED) is 0.805. The van der Waals surface area contributed by atoms with E-state index in [0.717, 1.165) is 0 Å². The maximum Gasteiger partial charge on any atom is 0.314 e. The predicted octanol–water partition coefficient (Wildman–Crippen LogP) is 1.16. The first kappa shape index (κ1) is 11.6. The summed E-state index contributed by atoms with van der Waals surface area (Å²) >= 11 is 0. The van der Waals surface area contributed by atoms with Crippen molar-refractivity contribution in [3.8, 4) is 0 Å². The predicted molar refractivity (Wildman–Crippen MR) is 62.5 cm³/mol. The third-order valence-corrected chi connectivity index (χ3v) is 3.62. The summed E-state index contributed by atoms with van der Waals surface area (Å²) in [5, 5.41) is 12.3. The van der Waals surface area contributed by atoms with Gasteiger partial charge in [-0.05, 0) is 12.0 Å². The molecule has 0 saturated carbocycles. The Morgan fingerprint density at radius 3 is 2.65 bits per heavy atom. The molecule has 2 N–H and O–H groups in total. The van der Waals surface area contributed by atoms with E-state index >= 15 is 0 Å². The van der Waals surface area contributed by atoms with E-state index in [2.05, 4.69) is 5.32 Å². The van der Waals surface area contributed by atoms with Crippen LogP contribution in [0.1, 0.15) is 18.9 Å². The molecule has 0 bridgehead atoms. The largest absolute Gasteiger partial charge is 0.481 e. The summed E-state index contributed by atoms with van der Waals surface area (Å²) in [7, 11) is 0. The lowest BCUT2D eigenvalue weighted by Crippen LogP contribution is -2.54. The van der Waals surface area contributed by atoms with Gasteiger partial charge in [0.15, 0.2) is 0 Å². The SMILES string of the molecule is C[C@@H]1C(=O)NCC[C@]1(C(=O)O)c1ccccc1. The number of carboxylic acids is 1. The van der Waals surface area contributed by atoms with Crippen molar-refractivity contribution in [3.63, 3.8) is 0 Å². The highest BCUT2D eigenvalue weighted by molar-refractivity contribution is 5.92. The van der Waals surface area contributed by atoms with E-state index in [1.54, 1.807) is 31.2 Å². The molecule has 1 aliphatic heterocycles. The fraction of sp³-hybridized carbons (Fsp3) is 0.385. The van der Waals surface area contributed by atoms with Gasteiger partial charge >= 0.3 is 5.97 Å². The minimum atomic E-state index is -1.09. The first-order valence-electron chi connectivity index (χ1n) is 5.65. The summed E-state index contributed by atoms with van der Waals surface area (Å²) in [6.45, 7) is 2.08. The zero-order valence-electron chi connectivity index (χ0n) is 9.64. The molecule has 1 amide bonds. The second kappa shape index (κ2) is 4.20. The van der Waals surface area contributed by atoms with Crippen LogP contribution in [0.3, 0.4) is 0 Å². The molecular formula is C13H15NO3. The van der Waals surface area contributed by atoms with Crippen LogP contribution in [0.2, 0.25) is 0 Å². The van der Waals surface area contributed by atoms with Crippen LogP contribution in [-0.4, -0.2) is 23.5 Å². The maximum absolute atomic E-state index is 11.7. The number of amides is 1. The minimum Gasteiger partial charge on any atom is -0.481 e. The van der Waals surface area contributed by atoms with Crippen molar-refractivity contribution < 1.29 is 14.7 Å². The molecule has 1 aromatic carbocycles. The van der Waals surface area contributed by atoms with E-state index in [1.165, 1.54) is 0 Å². The second-order valence-electron chi connectivity index (χ2n) is 4.41. The number of hydrogen-bond acceptors (Lipinski definition) is 2. The van der Waals surface area contributed by atoms with Gasteiger partial charge in [0.05, 0.1) is 5.92 Å². The first-order valence-corrected chi connectivity index (χ1v) is 5.65. The molecule has 1 fully saturated rings. The Bertz CT molecular complexity index is 443. The van der Waals surface area contributed by atoms with E-state index < -0.39 is 17.3 Å². The van der Waals surface area contributed by atoms with Crippen molar-refractivity contribution >= 4 is 11.9 Å². The number of hydrogen-bond donors (Lipinski definition) is 2. The van der Waals surface area contributed by atoms with Gasteiger partial charge < -0.3 is 10.4 Å². The molecule has 1 heterocycles. The number of nitrogens with one attached hydrogen (secondary N) is 1. The second-order valence-corrected chi connectivity index (χ2v) is 4.41. The summed E-state index contributed by atoms with van der Waals surface area (Å²) in [6, 6.07) is 9.01. The molecular weight excluding hydrogens is 218 g/mol. The number of carbonyl (C=O) groups is 2. The molecule has 0 radical (unpaired) electrons. The molecule has 0 spiro atoms. The highest BCUT2D eigenvalue weighted by Gasteiger charge is 2.50. The Balaban J connectivity index is 2.53. The average Bonchev–Trinajstić information content (AvgIpc) is 2.33. The van der Waals surface area contributed by atoms with Crippen LogP contribution in [0.15, 0.2) is 30.3 Å². The molecule has 1 aliphatic rings. The molecule has 1 saturated heterocycles. The van der Waals surface area contributed by atoms with Gasteiger partial charge in [-0.2, -0.15) is 0 Å². The van der Waals surface area contributed by atoms with Gasteiger partial charge in [0.2, 0.25) is 5.91 Å². The smallest absolute Gasteiger partial charge is 0.314 e. The van der Waals surface area contributed by atoms with Gasteiger partial charge in [-0.15, -0.1) is 0 Å². The topological polar surface area (TPSA) is 66.4 Å². The number of piperidine rings is 1. The van der Waals surface area contributed by atoms with Gasteiger partial charge in [0.25, 0.3) is 0 Å². The maximum atomic E-state index is 11.7. The number of aliphatic carboxylic acids is 1. The highest BCUT2D eigenvalue weighted by Crippen LogP contribution is 2.38. The van der Waals surface area contributed by atoms with Crippen molar-refractivity contribution in [2.45, 2.75) is 18.8 Å². The van der Waals surface area contributed by atoms with E-state index in [0.29, 0.717) is 18.5 Å². The summed E-state index contributed by atoms with van der Waals surface area (Å²) in [6.07, 6.45) is 0.430. The molecule has 90 valence electrons.